The summed E-state index contributed by atoms with van der Waals surface area (Å²) in [6.07, 6.45) is 0.718. The highest BCUT2D eigenvalue weighted by Gasteiger charge is 2.52. The molecule has 32 heavy (non-hydrogen) atoms. The first-order valence-corrected chi connectivity index (χ1v) is 10.5. The molecular formula is C23H25N5O4. The molecule has 0 spiro atoms. The molecule has 2 unspecified atom stereocenters. The molecule has 2 aromatic carbocycles. The van der Waals surface area contributed by atoms with Crippen LogP contribution in [0.15, 0.2) is 54.6 Å². The standard InChI is InChI=1S/C23H25N5O4/c1-2-23(17-10-4-3-5-11-17)21(31)28(22(32)25-23)26-19(29)14-27-13-16-9-7-6-8-15(16)12-18(27)20(24)30/h3-11,18H,2,12-14H2,1H3,(H2,24,30)(H,25,32)(H,26,29). The van der Waals surface area contributed by atoms with Crippen LogP contribution in [0.3, 0.4) is 0 Å². The van der Waals surface area contributed by atoms with Gasteiger partial charge in [-0.25, -0.2) is 4.79 Å². The number of fused-ring (bicyclic) bond motifs is 1. The van der Waals surface area contributed by atoms with Gasteiger partial charge >= 0.3 is 6.03 Å². The number of rotatable bonds is 6. The lowest BCUT2D eigenvalue weighted by Gasteiger charge is -2.34. The Morgan fingerprint density at radius 2 is 1.75 bits per heavy atom. The van der Waals surface area contributed by atoms with Crippen molar-refractivity contribution in [2.24, 2.45) is 5.73 Å². The molecule has 4 rings (SSSR count). The average molecular weight is 435 g/mol. The molecule has 2 atom stereocenters. The molecule has 0 aromatic heterocycles. The first-order valence-electron chi connectivity index (χ1n) is 10.5. The Morgan fingerprint density at radius 1 is 1.09 bits per heavy atom. The van der Waals surface area contributed by atoms with Crippen LogP contribution in [0.4, 0.5) is 4.79 Å². The van der Waals surface area contributed by atoms with Crippen LogP contribution in [0.2, 0.25) is 0 Å². The van der Waals surface area contributed by atoms with Gasteiger partial charge in [-0.3, -0.25) is 24.7 Å². The Hall–Kier alpha value is -3.72. The number of imide groups is 1. The van der Waals surface area contributed by atoms with Gasteiger partial charge < -0.3 is 11.1 Å². The van der Waals surface area contributed by atoms with E-state index in [4.69, 9.17) is 5.73 Å². The Balaban J connectivity index is 1.50. The Morgan fingerprint density at radius 3 is 2.41 bits per heavy atom. The van der Waals surface area contributed by atoms with Crippen LogP contribution in [-0.4, -0.2) is 46.2 Å². The normalized spacial score (nSPS) is 22.9. The van der Waals surface area contributed by atoms with Crippen LogP contribution in [-0.2, 0) is 32.9 Å². The smallest absolute Gasteiger partial charge is 0.344 e. The van der Waals surface area contributed by atoms with Crippen LogP contribution in [0, 0.1) is 0 Å². The number of amides is 5. The lowest BCUT2D eigenvalue weighted by Crippen LogP contribution is -2.55. The number of hydrogen-bond acceptors (Lipinski definition) is 5. The van der Waals surface area contributed by atoms with Gasteiger partial charge in [-0.2, -0.15) is 5.01 Å². The number of hydrogen-bond donors (Lipinski definition) is 3. The van der Waals surface area contributed by atoms with Gasteiger partial charge in [-0.1, -0.05) is 61.5 Å². The van der Waals surface area contributed by atoms with E-state index in [9.17, 15) is 19.2 Å². The third-order valence-electron chi connectivity index (χ3n) is 6.15. The topological polar surface area (TPSA) is 125 Å². The molecule has 9 nitrogen and oxygen atoms in total. The van der Waals surface area contributed by atoms with E-state index < -0.39 is 35.3 Å². The number of nitrogens with two attached hydrogens (primary N) is 1. The molecule has 1 saturated heterocycles. The maximum Gasteiger partial charge on any atom is 0.344 e. The van der Waals surface area contributed by atoms with E-state index >= 15 is 0 Å². The van der Waals surface area contributed by atoms with Crippen LogP contribution in [0.1, 0.15) is 30.0 Å². The fourth-order valence-electron chi connectivity index (χ4n) is 4.41. The predicted octanol–water partition coefficient (Wildman–Crippen LogP) is 0.787. The van der Waals surface area contributed by atoms with Crippen molar-refractivity contribution in [3.8, 4) is 0 Å². The second-order valence-corrected chi connectivity index (χ2v) is 8.03. The molecule has 166 valence electrons. The van der Waals surface area contributed by atoms with Gasteiger partial charge in [0, 0.05) is 6.54 Å². The van der Waals surface area contributed by atoms with E-state index in [2.05, 4.69) is 10.7 Å². The zero-order valence-corrected chi connectivity index (χ0v) is 17.7. The highest BCUT2D eigenvalue weighted by Crippen LogP contribution is 2.31. The Bertz CT molecular complexity index is 1070. The summed E-state index contributed by atoms with van der Waals surface area (Å²) in [4.78, 5) is 52.2. The number of primary amides is 1. The van der Waals surface area contributed by atoms with Crippen LogP contribution in [0.5, 0.6) is 0 Å². The number of nitrogens with one attached hydrogen (secondary N) is 2. The van der Waals surface area contributed by atoms with Gasteiger partial charge in [0.25, 0.3) is 11.8 Å². The van der Waals surface area contributed by atoms with Crippen molar-refractivity contribution in [1.82, 2.24) is 20.7 Å². The number of hydrazine groups is 1. The molecule has 0 aliphatic carbocycles. The first kappa shape index (κ1) is 21.5. The molecule has 4 N–H and O–H groups in total. The number of benzene rings is 2. The van der Waals surface area contributed by atoms with E-state index in [-0.39, 0.29) is 6.54 Å². The molecule has 0 radical (unpaired) electrons. The molecule has 0 bridgehead atoms. The summed E-state index contributed by atoms with van der Waals surface area (Å²) in [6.45, 7) is 1.96. The summed E-state index contributed by atoms with van der Waals surface area (Å²) in [6, 6.07) is 15.2. The lowest BCUT2D eigenvalue weighted by molar-refractivity contribution is -0.140. The minimum absolute atomic E-state index is 0.191. The minimum Gasteiger partial charge on any atom is -0.368 e. The predicted molar refractivity (Wildman–Crippen MR) is 115 cm³/mol. The second-order valence-electron chi connectivity index (χ2n) is 8.03. The number of urea groups is 1. The van der Waals surface area contributed by atoms with Gasteiger partial charge in [0.15, 0.2) is 0 Å². The Kier molecular flexibility index (Phi) is 5.67. The lowest BCUT2D eigenvalue weighted by atomic mass is 9.87. The Labute approximate surface area is 185 Å². The van der Waals surface area contributed by atoms with Crippen molar-refractivity contribution >= 4 is 23.8 Å². The SMILES string of the molecule is CCC1(c2ccccc2)NC(=O)N(NC(=O)CN2Cc3ccccc3CC2C(N)=O)C1=O. The fourth-order valence-corrected chi connectivity index (χ4v) is 4.41. The molecular weight excluding hydrogens is 410 g/mol. The summed E-state index contributed by atoms with van der Waals surface area (Å²) in [7, 11) is 0. The number of carbonyl (C=O) groups is 4. The average Bonchev–Trinajstić information content (AvgIpc) is 3.04. The van der Waals surface area contributed by atoms with Crippen LogP contribution in [0.25, 0.3) is 0 Å². The van der Waals surface area contributed by atoms with Crippen molar-refractivity contribution < 1.29 is 19.2 Å². The van der Waals surface area contributed by atoms with E-state index in [1.165, 1.54) is 0 Å². The summed E-state index contributed by atoms with van der Waals surface area (Å²) < 4.78 is 0. The molecule has 1 fully saturated rings. The van der Waals surface area contributed by atoms with E-state index in [0.717, 1.165) is 16.1 Å². The molecule has 2 aliphatic heterocycles. The van der Waals surface area contributed by atoms with E-state index in [0.29, 0.717) is 24.9 Å². The van der Waals surface area contributed by atoms with Gasteiger partial charge in [0.05, 0.1) is 12.6 Å². The highest BCUT2D eigenvalue weighted by molar-refractivity contribution is 6.08. The molecule has 2 aromatic rings. The second kappa shape index (κ2) is 8.43. The van der Waals surface area contributed by atoms with Crippen molar-refractivity contribution in [3.63, 3.8) is 0 Å². The molecule has 2 heterocycles. The highest BCUT2D eigenvalue weighted by atomic mass is 16.2. The van der Waals surface area contributed by atoms with E-state index in [1.807, 2.05) is 30.3 Å². The van der Waals surface area contributed by atoms with Crippen LogP contribution >= 0.6 is 0 Å². The summed E-state index contributed by atoms with van der Waals surface area (Å²) in [5.41, 5.74) is 9.39. The van der Waals surface area contributed by atoms with Gasteiger partial charge in [0.1, 0.15) is 5.54 Å². The summed E-state index contributed by atoms with van der Waals surface area (Å²) in [5, 5.41) is 3.44. The van der Waals surface area contributed by atoms with E-state index in [1.54, 1.807) is 36.1 Å². The molecule has 5 amide bonds. The minimum atomic E-state index is -1.24. The number of nitrogens with zero attached hydrogens (tertiary/aromatic N) is 2. The van der Waals surface area contributed by atoms with Crippen molar-refractivity contribution in [3.05, 3.63) is 71.3 Å². The molecule has 2 aliphatic rings. The van der Waals surface area contributed by atoms with Crippen molar-refractivity contribution in [2.75, 3.05) is 6.54 Å². The quantitative estimate of drug-likeness (QED) is 0.579. The van der Waals surface area contributed by atoms with Crippen molar-refractivity contribution in [2.45, 2.75) is 37.9 Å². The molecule has 9 heteroatoms. The largest absolute Gasteiger partial charge is 0.368 e. The van der Waals surface area contributed by atoms with Crippen LogP contribution < -0.4 is 16.5 Å². The third-order valence-corrected chi connectivity index (χ3v) is 6.15. The zero-order chi connectivity index (χ0) is 22.9. The summed E-state index contributed by atoms with van der Waals surface area (Å²) >= 11 is 0. The van der Waals surface area contributed by atoms with Gasteiger partial charge in [-0.05, 0) is 29.5 Å². The van der Waals surface area contributed by atoms with Crippen molar-refractivity contribution in [1.29, 1.82) is 0 Å². The fraction of sp³-hybridized carbons (Fsp3) is 0.304. The maximum atomic E-state index is 13.2. The first-order chi connectivity index (χ1) is 15.4. The number of carbonyl (C=O) groups excluding carboxylic acids is 4. The maximum absolute atomic E-state index is 13.2. The zero-order valence-electron chi connectivity index (χ0n) is 17.7. The third kappa shape index (κ3) is 3.71. The summed E-state index contributed by atoms with van der Waals surface area (Å²) in [5.74, 6) is -1.67. The van der Waals surface area contributed by atoms with Gasteiger partial charge in [0.2, 0.25) is 5.91 Å². The molecule has 0 saturated carbocycles. The monoisotopic (exact) mass is 435 g/mol. The van der Waals surface area contributed by atoms with Gasteiger partial charge in [-0.15, -0.1) is 0 Å².